The fourth-order valence-corrected chi connectivity index (χ4v) is 3.14. The van der Waals surface area contributed by atoms with E-state index in [9.17, 15) is 10.2 Å². The monoisotopic (exact) mass is 242 g/mol. The van der Waals surface area contributed by atoms with Crippen molar-refractivity contribution in [3.63, 3.8) is 0 Å². The second kappa shape index (κ2) is 4.62. The molecule has 2 N–H and O–H groups in total. The summed E-state index contributed by atoms with van der Waals surface area (Å²) in [4.78, 5) is 0. The second-order valence-electron chi connectivity index (χ2n) is 6.16. The van der Waals surface area contributed by atoms with E-state index >= 15 is 0 Å². The highest BCUT2D eigenvalue weighted by Crippen LogP contribution is 2.51. The van der Waals surface area contributed by atoms with E-state index in [0.29, 0.717) is 0 Å². The molecular weight excluding hydrogens is 216 g/mol. The van der Waals surface area contributed by atoms with E-state index in [0.717, 1.165) is 18.6 Å². The molecule has 17 heavy (non-hydrogen) atoms. The Balaban J connectivity index is 0.00000144. The van der Waals surface area contributed by atoms with Gasteiger partial charge in [-0.15, -0.1) is 0 Å². The van der Waals surface area contributed by atoms with E-state index in [1.807, 2.05) is 20.8 Å². The van der Waals surface area contributed by atoms with Gasteiger partial charge in [-0.2, -0.15) is 0 Å². The molecule has 2 aliphatic rings. The van der Waals surface area contributed by atoms with Gasteiger partial charge in [-0.1, -0.05) is 14.0 Å². The van der Waals surface area contributed by atoms with Gasteiger partial charge >= 0.3 is 0 Å². The molecule has 0 aromatic heterocycles. The lowest BCUT2D eigenvalue weighted by Crippen LogP contribution is -2.38. The number of aliphatic hydroxyl groups is 2. The summed E-state index contributed by atoms with van der Waals surface area (Å²) >= 11 is 0. The third-order valence-corrected chi connectivity index (χ3v) is 3.77. The minimum atomic E-state index is -0.593. The zero-order valence-electron chi connectivity index (χ0n) is 10.3. The summed E-state index contributed by atoms with van der Waals surface area (Å²) in [7, 11) is 0. The molecule has 2 saturated carbocycles. The van der Waals surface area contributed by atoms with Crippen molar-refractivity contribution >= 4 is 0 Å². The summed E-state index contributed by atoms with van der Waals surface area (Å²) in [6, 6.07) is 0. The van der Waals surface area contributed by atoms with E-state index in [2.05, 4.69) is 6.58 Å². The van der Waals surface area contributed by atoms with Crippen LogP contribution in [0.25, 0.3) is 0 Å². The van der Waals surface area contributed by atoms with Crippen LogP contribution in [-0.4, -0.2) is 28.0 Å². The Morgan fingerprint density at radius 2 is 1.76 bits per heavy atom. The minimum Gasteiger partial charge on any atom is -0.493 e. The standard InChI is InChI=1S/C13H22O3.CH4/c1-7(16-13(2,3)4)9-5-8-6-10(9)12(15)11(8)14;/h8-12,14-15H,1,5-6H2,2-4H3;1H4/t8?,9?,10?,11-,12-;/m1./s1. The van der Waals surface area contributed by atoms with E-state index in [4.69, 9.17) is 4.74 Å². The van der Waals surface area contributed by atoms with Crippen LogP contribution in [-0.2, 0) is 4.74 Å². The van der Waals surface area contributed by atoms with Crippen LogP contribution in [0, 0.1) is 17.8 Å². The molecule has 3 unspecified atom stereocenters. The van der Waals surface area contributed by atoms with Gasteiger partial charge in [0.2, 0.25) is 0 Å². The number of hydrogen-bond donors (Lipinski definition) is 2. The largest absolute Gasteiger partial charge is 0.493 e. The van der Waals surface area contributed by atoms with Gasteiger partial charge in [-0.05, 0) is 45.4 Å². The molecule has 5 atom stereocenters. The molecule has 0 saturated heterocycles. The molecule has 0 radical (unpaired) electrons. The van der Waals surface area contributed by atoms with E-state index in [1.165, 1.54) is 0 Å². The summed E-state index contributed by atoms with van der Waals surface area (Å²) in [5, 5.41) is 19.6. The van der Waals surface area contributed by atoms with Crippen molar-refractivity contribution < 1.29 is 14.9 Å². The molecule has 3 heteroatoms. The van der Waals surface area contributed by atoms with Crippen LogP contribution in [0.2, 0.25) is 0 Å². The summed E-state index contributed by atoms with van der Waals surface area (Å²) in [6.45, 7) is 9.98. The lowest BCUT2D eigenvalue weighted by molar-refractivity contribution is -0.0470. The predicted octanol–water partition coefficient (Wildman–Crippen LogP) is 2.33. The summed E-state index contributed by atoms with van der Waals surface area (Å²) in [6.07, 6.45) is 0.671. The molecular formula is C14H26O3. The highest BCUT2D eigenvalue weighted by molar-refractivity contribution is 5.10. The van der Waals surface area contributed by atoms with Crippen molar-refractivity contribution in [1.82, 2.24) is 0 Å². The van der Waals surface area contributed by atoms with Gasteiger partial charge in [0.15, 0.2) is 0 Å². The van der Waals surface area contributed by atoms with Crippen molar-refractivity contribution in [1.29, 1.82) is 0 Å². The van der Waals surface area contributed by atoms with Crippen molar-refractivity contribution in [3.05, 3.63) is 12.3 Å². The summed E-state index contributed by atoms with van der Waals surface area (Å²) in [5.74, 6) is 1.34. The number of ether oxygens (including phenoxy) is 1. The Morgan fingerprint density at radius 3 is 2.18 bits per heavy atom. The molecule has 0 spiro atoms. The molecule has 2 bridgehead atoms. The third kappa shape index (κ3) is 2.66. The SMILES string of the molecule is C.C=C(OC(C)(C)C)C1CC2CC1[C@@H](O)[C@@H]2O. The normalized spacial score (nSPS) is 39.9. The maximum absolute atomic E-state index is 9.86. The topological polar surface area (TPSA) is 49.7 Å². The highest BCUT2D eigenvalue weighted by Gasteiger charge is 2.53. The fourth-order valence-electron chi connectivity index (χ4n) is 3.14. The molecule has 0 aromatic carbocycles. The Hall–Kier alpha value is -0.540. The molecule has 0 aromatic rings. The van der Waals surface area contributed by atoms with Crippen LogP contribution in [0.3, 0.4) is 0 Å². The maximum Gasteiger partial charge on any atom is 0.100 e. The number of rotatable bonds is 2. The summed E-state index contributed by atoms with van der Waals surface area (Å²) in [5.41, 5.74) is -0.234. The van der Waals surface area contributed by atoms with Gasteiger partial charge in [0, 0.05) is 5.92 Å². The molecule has 0 amide bonds. The lowest BCUT2D eigenvalue weighted by Gasteiger charge is -2.33. The van der Waals surface area contributed by atoms with Crippen LogP contribution < -0.4 is 0 Å². The first-order valence-electron chi connectivity index (χ1n) is 6.03. The van der Waals surface area contributed by atoms with Crippen LogP contribution in [0.15, 0.2) is 12.3 Å². The Labute approximate surface area is 104 Å². The first-order chi connectivity index (χ1) is 7.29. The van der Waals surface area contributed by atoms with Gasteiger partial charge in [-0.25, -0.2) is 0 Å². The van der Waals surface area contributed by atoms with Gasteiger partial charge in [0.1, 0.15) is 5.60 Å². The van der Waals surface area contributed by atoms with Crippen molar-refractivity contribution in [2.75, 3.05) is 0 Å². The summed E-state index contributed by atoms with van der Waals surface area (Å²) < 4.78 is 5.77. The average Bonchev–Trinajstić information content (AvgIpc) is 2.65. The maximum atomic E-state index is 9.86. The van der Waals surface area contributed by atoms with Crippen molar-refractivity contribution in [3.8, 4) is 0 Å². The van der Waals surface area contributed by atoms with Gasteiger partial charge < -0.3 is 14.9 Å². The number of aliphatic hydroxyl groups excluding tert-OH is 2. The average molecular weight is 242 g/mol. The van der Waals surface area contributed by atoms with Crippen molar-refractivity contribution in [2.45, 2.75) is 58.8 Å². The van der Waals surface area contributed by atoms with Gasteiger partial charge in [0.25, 0.3) is 0 Å². The fraction of sp³-hybridized carbons (Fsp3) is 0.857. The molecule has 2 aliphatic carbocycles. The van der Waals surface area contributed by atoms with Crippen LogP contribution in [0.5, 0.6) is 0 Å². The molecule has 2 fully saturated rings. The minimum absolute atomic E-state index is 0. The smallest absolute Gasteiger partial charge is 0.100 e. The van der Waals surface area contributed by atoms with Crippen LogP contribution in [0.1, 0.15) is 41.0 Å². The zero-order valence-corrected chi connectivity index (χ0v) is 10.3. The zero-order chi connectivity index (χ0) is 12.1. The lowest BCUT2D eigenvalue weighted by atomic mass is 9.84. The quantitative estimate of drug-likeness (QED) is 0.731. The number of hydrogen-bond acceptors (Lipinski definition) is 3. The van der Waals surface area contributed by atoms with Crippen molar-refractivity contribution in [2.24, 2.45) is 17.8 Å². The predicted molar refractivity (Wildman–Crippen MR) is 68.4 cm³/mol. The molecule has 0 heterocycles. The number of allylic oxidation sites excluding steroid dienone is 1. The molecule has 2 rings (SSSR count). The Kier molecular flexibility index (Phi) is 3.94. The van der Waals surface area contributed by atoms with E-state index < -0.39 is 12.2 Å². The second-order valence-corrected chi connectivity index (χ2v) is 6.16. The third-order valence-electron chi connectivity index (χ3n) is 3.77. The Bertz CT molecular complexity index is 290. The van der Waals surface area contributed by atoms with Gasteiger partial charge in [0.05, 0.1) is 18.0 Å². The highest BCUT2D eigenvalue weighted by atomic mass is 16.5. The van der Waals surface area contributed by atoms with E-state index in [1.54, 1.807) is 0 Å². The van der Waals surface area contributed by atoms with Gasteiger partial charge in [-0.3, -0.25) is 0 Å². The number of fused-ring (bicyclic) bond motifs is 2. The van der Waals surface area contributed by atoms with Crippen LogP contribution in [0.4, 0.5) is 0 Å². The first-order valence-corrected chi connectivity index (χ1v) is 6.03. The molecule has 0 aliphatic heterocycles. The van der Waals surface area contributed by atoms with Crippen LogP contribution >= 0.6 is 0 Å². The molecule has 3 nitrogen and oxygen atoms in total. The van der Waals surface area contributed by atoms with E-state index in [-0.39, 0.29) is 30.8 Å². The molecule has 100 valence electrons. The Morgan fingerprint density at radius 1 is 1.18 bits per heavy atom. The first kappa shape index (κ1) is 14.5.